The lowest BCUT2D eigenvalue weighted by atomic mass is 10.1. The summed E-state index contributed by atoms with van der Waals surface area (Å²) in [6, 6.07) is 6.87. The van der Waals surface area contributed by atoms with Crippen LogP contribution in [-0.2, 0) is 16.6 Å². The summed E-state index contributed by atoms with van der Waals surface area (Å²) >= 11 is 0. The van der Waals surface area contributed by atoms with Gasteiger partial charge in [-0.15, -0.1) is 0 Å². The number of benzene rings is 1. The van der Waals surface area contributed by atoms with Gasteiger partial charge in [0.15, 0.2) is 0 Å². The van der Waals surface area contributed by atoms with E-state index in [9.17, 15) is 8.42 Å². The van der Waals surface area contributed by atoms with Crippen molar-refractivity contribution in [3.63, 3.8) is 0 Å². The summed E-state index contributed by atoms with van der Waals surface area (Å²) in [5.74, 6) is 0. The van der Waals surface area contributed by atoms with Crippen LogP contribution in [0.2, 0.25) is 0 Å². The van der Waals surface area contributed by atoms with E-state index in [1.807, 2.05) is 0 Å². The summed E-state index contributed by atoms with van der Waals surface area (Å²) < 4.78 is 27.4. The molecule has 0 aromatic heterocycles. The molecule has 1 aliphatic rings. The van der Waals surface area contributed by atoms with Crippen molar-refractivity contribution < 1.29 is 8.42 Å². The lowest BCUT2D eigenvalue weighted by Gasteiger charge is -2.16. The fraction of sp³-hybridized carbons (Fsp3) is 0.571. The summed E-state index contributed by atoms with van der Waals surface area (Å²) in [5.41, 5.74) is 6.45. The molecule has 1 aromatic rings. The van der Waals surface area contributed by atoms with Gasteiger partial charge in [0.2, 0.25) is 10.0 Å². The van der Waals surface area contributed by atoms with E-state index in [0.717, 1.165) is 31.2 Å². The molecule has 19 heavy (non-hydrogen) atoms. The van der Waals surface area contributed by atoms with Crippen molar-refractivity contribution in [1.29, 1.82) is 0 Å². The van der Waals surface area contributed by atoms with Gasteiger partial charge in [0.05, 0.1) is 4.90 Å². The van der Waals surface area contributed by atoms with Crippen molar-refractivity contribution in [2.24, 2.45) is 5.73 Å². The molecule has 1 fully saturated rings. The molecule has 0 amide bonds. The van der Waals surface area contributed by atoms with Crippen molar-refractivity contribution in [3.05, 3.63) is 29.8 Å². The fourth-order valence-corrected chi connectivity index (χ4v) is 3.79. The van der Waals surface area contributed by atoms with Crippen LogP contribution in [-0.4, -0.2) is 14.5 Å². The molecule has 0 atom stereocenters. The number of nitrogens with two attached hydrogens (primary N) is 1. The second-order valence-electron chi connectivity index (χ2n) is 5.16. The Balaban J connectivity index is 2.07. The monoisotopic (exact) mass is 282 g/mol. The van der Waals surface area contributed by atoms with Crippen LogP contribution in [0.1, 0.15) is 44.1 Å². The molecular formula is C14H22N2O2S. The maximum absolute atomic E-state index is 12.3. The molecule has 4 nitrogen and oxygen atoms in total. The molecule has 0 aliphatic heterocycles. The van der Waals surface area contributed by atoms with Gasteiger partial charge in [-0.2, -0.15) is 0 Å². The molecule has 0 radical (unpaired) electrons. The van der Waals surface area contributed by atoms with Crippen LogP contribution in [0.25, 0.3) is 0 Å². The Labute approximate surface area is 115 Å². The largest absolute Gasteiger partial charge is 0.326 e. The molecule has 0 spiro atoms. The highest BCUT2D eigenvalue weighted by atomic mass is 32.2. The van der Waals surface area contributed by atoms with Crippen molar-refractivity contribution in [2.45, 2.75) is 56.0 Å². The van der Waals surface area contributed by atoms with Crippen LogP contribution >= 0.6 is 0 Å². The average Bonchev–Trinajstić information content (AvgIpc) is 2.67. The van der Waals surface area contributed by atoms with E-state index in [-0.39, 0.29) is 6.04 Å². The Morgan fingerprint density at radius 2 is 1.63 bits per heavy atom. The van der Waals surface area contributed by atoms with E-state index in [2.05, 4.69) is 4.72 Å². The molecule has 0 heterocycles. The number of hydrogen-bond donors (Lipinski definition) is 2. The first-order valence-electron chi connectivity index (χ1n) is 6.93. The third kappa shape index (κ3) is 4.03. The summed E-state index contributed by atoms with van der Waals surface area (Å²) in [5, 5.41) is 0. The van der Waals surface area contributed by atoms with Gasteiger partial charge in [-0.05, 0) is 30.5 Å². The van der Waals surface area contributed by atoms with Gasteiger partial charge in [0.1, 0.15) is 0 Å². The summed E-state index contributed by atoms with van der Waals surface area (Å²) in [7, 11) is -3.39. The van der Waals surface area contributed by atoms with E-state index in [1.54, 1.807) is 24.3 Å². The Morgan fingerprint density at radius 1 is 1.05 bits per heavy atom. The van der Waals surface area contributed by atoms with Crippen molar-refractivity contribution in [2.75, 3.05) is 0 Å². The Bertz CT molecular complexity index is 489. The van der Waals surface area contributed by atoms with Crippen LogP contribution in [0.5, 0.6) is 0 Å². The Hall–Kier alpha value is -0.910. The highest BCUT2D eigenvalue weighted by Crippen LogP contribution is 2.19. The van der Waals surface area contributed by atoms with Gasteiger partial charge in [-0.25, -0.2) is 13.1 Å². The molecular weight excluding hydrogens is 260 g/mol. The third-order valence-electron chi connectivity index (χ3n) is 3.65. The first-order chi connectivity index (χ1) is 9.12. The van der Waals surface area contributed by atoms with E-state index in [4.69, 9.17) is 5.73 Å². The average molecular weight is 282 g/mol. The van der Waals surface area contributed by atoms with Gasteiger partial charge in [-0.3, -0.25) is 0 Å². The zero-order valence-electron chi connectivity index (χ0n) is 11.1. The molecule has 0 bridgehead atoms. The van der Waals surface area contributed by atoms with Crippen LogP contribution in [0.3, 0.4) is 0 Å². The van der Waals surface area contributed by atoms with Crippen LogP contribution in [0.15, 0.2) is 29.2 Å². The van der Waals surface area contributed by atoms with E-state index < -0.39 is 10.0 Å². The van der Waals surface area contributed by atoms with Crippen LogP contribution < -0.4 is 10.5 Å². The lowest BCUT2D eigenvalue weighted by Crippen LogP contribution is -2.34. The Morgan fingerprint density at radius 3 is 2.16 bits per heavy atom. The van der Waals surface area contributed by atoms with Crippen LogP contribution in [0, 0.1) is 0 Å². The summed E-state index contributed by atoms with van der Waals surface area (Å²) in [6.07, 6.45) is 6.53. The normalized spacial score (nSPS) is 18.2. The predicted octanol–water partition coefficient (Wildman–Crippen LogP) is 2.15. The van der Waals surface area contributed by atoms with E-state index in [1.165, 1.54) is 12.8 Å². The van der Waals surface area contributed by atoms with Gasteiger partial charge < -0.3 is 5.73 Å². The number of hydrogen-bond acceptors (Lipinski definition) is 3. The summed E-state index contributed by atoms with van der Waals surface area (Å²) in [6.45, 7) is 0.427. The molecule has 5 heteroatoms. The predicted molar refractivity (Wildman–Crippen MR) is 76.1 cm³/mol. The minimum atomic E-state index is -3.39. The highest BCUT2D eigenvalue weighted by molar-refractivity contribution is 7.89. The third-order valence-corrected chi connectivity index (χ3v) is 5.18. The molecule has 0 saturated heterocycles. The Kier molecular flexibility index (Phi) is 4.96. The van der Waals surface area contributed by atoms with Crippen LogP contribution in [0.4, 0.5) is 0 Å². The first-order valence-corrected chi connectivity index (χ1v) is 8.41. The number of nitrogens with one attached hydrogen (secondary N) is 1. The lowest BCUT2D eigenvalue weighted by molar-refractivity contribution is 0.510. The minimum absolute atomic E-state index is 0.0849. The van der Waals surface area contributed by atoms with Crippen molar-refractivity contribution in [3.8, 4) is 0 Å². The highest BCUT2D eigenvalue weighted by Gasteiger charge is 2.20. The second kappa shape index (κ2) is 6.50. The van der Waals surface area contributed by atoms with Gasteiger partial charge in [0.25, 0.3) is 0 Å². The van der Waals surface area contributed by atoms with Crippen molar-refractivity contribution >= 4 is 10.0 Å². The van der Waals surface area contributed by atoms with E-state index >= 15 is 0 Å². The number of sulfonamides is 1. The quantitative estimate of drug-likeness (QED) is 0.831. The van der Waals surface area contributed by atoms with Gasteiger partial charge in [-0.1, -0.05) is 37.8 Å². The molecule has 1 saturated carbocycles. The van der Waals surface area contributed by atoms with E-state index in [0.29, 0.717) is 11.4 Å². The van der Waals surface area contributed by atoms with Crippen molar-refractivity contribution in [1.82, 2.24) is 4.72 Å². The zero-order valence-corrected chi connectivity index (χ0v) is 12.0. The molecule has 106 valence electrons. The molecule has 2 rings (SSSR count). The summed E-state index contributed by atoms with van der Waals surface area (Å²) in [4.78, 5) is 0.328. The maximum Gasteiger partial charge on any atom is 0.240 e. The zero-order chi connectivity index (χ0) is 13.7. The first kappa shape index (κ1) is 14.5. The topological polar surface area (TPSA) is 72.2 Å². The second-order valence-corrected chi connectivity index (χ2v) is 6.87. The molecule has 0 unspecified atom stereocenters. The molecule has 3 N–H and O–H groups in total. The minimum Gasteiger partial charge on any atom is -0.326 e. The maximum atomic E-state index is 12.3. The smallest absolute Gasteiger partial charge is 0.240 e. The van der Waals surface area contributed by atoms with Gasteiger partial charge in [0, 0.05) is 12.6 Å². The standard InChI is InChI=1S/C14H22N2O2S/c15-11-12-7-9-14(10-8-12)19(17,18)16-13-5-3-1-2-4-6-13/h7-10,13,16H,1-6,11,15H2. The number of rotatable bonds is 4. The van der Waals surface area contributed by atoms with Gasteiger partial charge >= 0.3 is 0 Å². The molecule has 1 aliphatic carbocycles. The fourth-order valence-electron chi connectivity index (χ4n) is 2.49. The SMILES string of the molecule is NCc1ccc(S(=O)(=O)NC2CCCCCC2)cc1. The molecule has 1 aromatic carbocycles.